The van der Waals surface area contributed by atoms with Crippen molar-refractivity contribution in [2.45, 2.75) is 89.3 Å². The van der Waals surface area contributed by atoms with Crippen molar-refractivity contribution < 1.29 is 19.1 Å². The van der Waals surface area contributed by atoms with Crippen LogP contribution in [0.15, 0.2) is 54.6 Å². The molecule has 0 aliphatic carbocycles. The molecular formula is C27H38O4Si. The minimum atomic E-state index is -2.13. The molecule has 0 amide bonds. The topological polar surface area (TPSA) is 55.8 Å². The maximum atomic E-state index is 13.2. The van der Waals surface area contributed by atoms with Gasteiger partial charge in [0.2, 0.25) is 0 Å². The summed E-state index contributed by atoms with van der Waals surface area (Å²) >= 11 is 0. The first-order valence-electron chi connectivity index (χ1n) is 11.8. The van der Waals surface area contributed by atoms with E-state index in [9.17, 15) is 9.90 Å². The first-order chi connectivity index (χ1) is 15.1. The summed E-state index contributed by atoms with van der Waals surface area (Å²) in [7, 11) is -2.13. The smallest absolute Gasteiger partial charge is 0.339 e. The first-order valence-corrected chi connectivity index (χ1v) is 14.7. The highest BCUT2D eigenvalue weighted by Gasteiger charge is 2.41. The molecule has 32 heavy (non-hydrogen) atoms. The van der Waals surface area contributed by atoms with E-state index in [1.807, 2.05) is 54.6 Å². The van der Waals surface area contributed by atoms with Gasteiger partial charge >= 0.3 is 5.97 Å². The molecule has 0 bridgehead atoms. The van der Waals surface area contributed by atoms with Crippen LogP contribution in [0.3, 0.4) is 0 Å². The summed E-state index contributed by atoms with van der Waals surface area (Å²) < 4.78 is 12.8. The Labute approximate surface area is 194 Å². The SMILES string of the molecule is CC(C)(C)[Si](C)(C)O[C@@H]1C[C@H](c2ccccc2)OC(=O)c2ccccc2CCCC[C@H]1O. The maximum Gasteiger partial charge on any atom is 0.339 e. The first kappa shape index (κ1) is 24.7. The second kappa shape index (κ2) is 10.3. The Morgan fingerprint density at radius 3 is 2.34 bits per heavy atom. The van der Waals surface area contributed by atoms with Gasteiger partial charge in [0.1, 0.15) is 6.10 Å². The number of hydrogen-bond donors (Lipinski definition) is 1. The summed E-state index contributed by atoms with van der Waals surface area (Å²) in [6.07, 6.45) is 2.24. The van der Waals surface area contributed by atoms with Crippen LogP contribution < -0.4 is 0 Å². The molecule has 5 heteroatoms. The van der Waals surface area contributed by atoms with Gasteiger partial charge in [0.15, 0.2) is 8.32 Å². The van der Waals surface area contributed by atoms with Crippen LogP contribution >= 0.6 is 0 Å². The molecule has 0 saturated carbocycles. The standard InChI is InChI=1S/C27H38O4Si/c1-27(2,3)32(4,5)31-25-19-24(21-15-7-6-8-16-21)30-26(29)22-17-11-9-13-20(22)14-10-12-18-23(25)28/h6-9,11,13,15-17,23-25,28H,10,12,14,18-19H2,1-5H3/t23-,24-,25-/m1/s1. The van der Waals surface area contributed by atoms with E-state index in [0.29, 0.717) is 18.4 Å². The van der Waals surface area contributed by atoms with E-state index in [1.165, 1.54) is 0 Å². The van der Waals surface area contributed by atoms with Gasteiger partial charge in [0.05, 0.1) is 17.8 Å². The van der Waals surface area contributed by atoms with Gasteiger partial charge in [-0.05, 0) is 54.6 Å². The largest absolute Gasteiger partial charge is 0.454 e. The number of carbonyl (C=O) groups excluding carboxylic acids is 1. The van der Waals surface area contributed by atoms with Crippen LogP contribution in [0.5, 0.6) is 0 Å². The zero-order valence-corrected chi connectivity index (χ0v) is 21.1. The van der Waals surface area contributed by atoms with Gasteiger partial charge < -0.3 is 14.3 Å². The number of aliphatic hydroxyl groups excluding tert-OH is 1. The van der Waals surface area contributed by atoms with Crippen molar-refractivity contribution >= 4 is 14.3 Å². The van der Waals surface area contributed by atoms with Gasteiger partial charge in [-0.3, -0.25) is 0 Å². The normalized spacial score (nSPS) is 23.4. The maximum absolute atomic E-state index is 13.2. The molecule has 0 unspecified atom stereocenters. The third kappa shape index (κ3) is 6.09. The Morgan fingerprint density at radius 1 is 1.00 bits per heavy atom. The van der Waals surface area contributed by atoms with Crippen LogP contribution in [0, 0.1) is 0 Å². The number of aryl methyl sites for hydroxylation is 1. The van der Waals surface area contributed by atoms with Gasteiger partial charge in [0.25, 0.3) is 0 Å². The van der Waals surface area contributed by atoms with Crippen LogP contribution in [0.25, 0.3) is 0 Å². The summed E-state index contributed by atoms with van der Waals surface area (Å²) in [5.74, 6) is -0.310. The average Bonchev–Trinajstić information content (AvgIpc) is 2.74. The summed E-state index contributed by atoms with van der Waals surface area (Å²) in [5.41, 5.74) is 2.57. The number of hydrogen-bond acceptors (Lipinski definition) is 4. The fourth-order valence-corrected chi connectivity index (χ4v) is 5.32. The summed E-state index contributed by atoms with van der Waals surface area (Å²) in [6, 6.07) is 17.5. The molecule has 0 radical (unpaired) electrons. The number of esters is 1. The van der Waals surface area contributed by atoms with Crippen molar-refractivity contribution in [3.63, 3.8) is 0 Å². The van der Waals surface area contributed by atoms with Gasteiger partial charge in [-0.1, -0.05) is 75.7 Å². The molecule has 3 rings (SSSR count). The number of carbonyl (C=O) groups is 1. The Hall–Kier alpha value is -1.95. The molecular weight excluding hydrogens is 416 g/mol. The lowest BCUT2D eigenvalue weighted by Crippen LogP contribution is -2.47. The molecule has 1 aliphatic heterocycles. The van der Waals surface area contributed by atoms with Gasteiger partial charge in [-0.15, -0.1) is 0 Å². The molecule has 0 saturated heterocycles. The highest BCUT2D eigenvalue weighted by atomic mass is 28.4. The predicted octanol–water partition coefficient (Wildman–Crippen LogP) is 6.45. The fourth-order valence-electron chi connectivity index (χ4n) is 3.95. The summed E-state index contributed by atoms with van der Waals surface area (Å²) in [6.45, 7) is 11.0. The molecule has 4 nitrogen and oxygen atoms in total. The average molecular weight is 455 g/mol. The highest BCUT2D eigenvalue weighted by Crippen LogP contribution is 2.39. The second-order valence-corrected chi connectivity index (χ2v) is 15.2. The summed E-state index contributed by atoms with van der Waals surface area (Å²) in [5, 5.41) is 11.2. The van der Waals surface area contributed by atoms with E-state index >= 15 is 0 Å². The van der Waals surface area contributed by atoms with Crippen LogP contribution in [-0.4, -0.2) is 31.6 Å². The summed E-state index contributed by atoms with van der Waals surface area (Å²) in [4.78, 5) is 13.2. The van der Waals surface area contributed by atoms with Crippen molar-refractivity contribution in [2.75, 3.05) is 0 Å². The van der Waals surface area contributed by atoms with Crippen LogP contribution in [0.1, 0.15) is 74.0 Å². The van der Waals surface area contributed by atoms with Gasteiger partial charge in [0, 0.05) is 6.42 Å². The zero-order chi connectivity index (χ0) is 23.4. The van der Waals surface area contributed by atoms with Gasteiger partial charge in [-0.25, -0.2) is 4.79 Å². The molecule has 2 aromatic rings. The molecule has 3 atom stereocenters. The molecule has 0 aromatic heterocycles. The molecule has 1 aliphatic rings. The molecule has 174 valence electrons. The van der Waals surface area contributed by atoms with Crippen molar-refractivity contribution in [3.05, 3.63) is 71.3 Å². The van der Waals surface area contributed by atoms with E-state index in [4.69, 9.17) is 9.16 Å². The van der Waals surface area contributed by atoms with Crippen LogP contribution in [0.2, 0.25) is 18.1 Å². The lowest BCUT2D eigenvalue weighted by molar-refractivity contribution is -0.0227. The number of rotatable bonds is 3. The zero-order valence-electron chi connectivity index (χ0n) is 20.1. The Balaban J connectivity index is 1.97. The van der Waals surface area contributed by atoms with Gasteiger partial charge in [-0.2, -0.15) is 0 Å². The van der Waals surface area contributed by atoms with Crippen molar-refractivity contribution in [3.8, 4) is 0 Å². The number of aliphatic hydroxyl groups is 1. The number of fused-ring (bicyclic) bond motifs is 1. The van der Waals surface area contributed by atoms with Crippen molar-refractivity contribution in [2.24, 2.45) is 0 Å². The highest BCUT2D eigenvalue weighted by molar-refractivity contribution is 6.74. The molecule has 0 spiro atoms. The monoisotopic (exact) mass is 454 g/mol. The second-order valence-electron chi connectivity index (χ2n) is 10.4. The minimum Gasteiger partial charge on any atom is -0.454 e. The Kier molecular flexibility index (Phi) is 7.96. The lowest BCUT2D eigenvalue weighted by atomic mass is 9.95. The number of benzene rings is 2. The lowest BCUT2D eigenvalue weighted by Gasteiger charge is -2.41. The van der Waals surface area contributed by atoms with E-state index in [2.05, 4.69) is 33.9 Å². The molecule has 2 aromatic carbocycles. The Morgan fingerprint density at radius 2 is 1.66 bits per heavy atom. The third-order valence-corrected chi connectivity index (χ3v) is 11.5. The van der Waals surface area contributed by atoms with E-state index in [-0.39, 0.29) is 17.1 Å². The van der Waals surface area contributed by atoms with Crippen molar-refractivity contribution in [1.29, 1.82) is 0 Å². The fraction of sp³-hybridized carbons (Fsp3) is 0.519. The third-order valence-electron chi connectivity index (χ3n) is 6.98. The van der Waals surface area contributed by atoms with Crippen molar-refractivity contribution in [1.82, 2.24) is 0 Å². The van der Waals surface area contributed by atoms with E-state index in [1.54, 1.807) is 0 Å². The van der Waals surface area contributed by atoms with Crippen LogP contribution in [0.4, 0.5) is 0 Å². The minimum absolute atomic E-state index is 0.0221. The van der Waals surface area contributed by atoms with E-state index in [0.717, 1.165) is 30.4 Å². The molecule has 1 heterocycles. The quantitative estimate of drug-likeness (QED) is 0.427. The predicted molar refractivity (Wildman–Crippen MR) is 131 cm³/mol. The number of ether oxygens (including phenoxy) is 1. The van der Waals surface area contributed by atoms with Crippen LogP contribution in [-0.2, 0) is 15.6 Å². The van der Waals surface area contributed by atoms with E-state index < -0.39 is 20.5 Å². The Bertz CT molecular complexity index is 888. The molecule has 1 N–H and O–H groups in total. The number of cyclic esters (lactones) is 1. The molecule has 0 fully saturated rings.